The van der Waals surface area contributed by atoms with Gasteiger partial charge in [-0.15, -0.1) is 0 Å². The maximum atomic E-state index is 12.1. The van der Waals surface area contributed by atoms with Crippen molar-refractivity contribution in [2.24, 2.45) is 0 Å². The second-order valence-corrected chi connectivity index (χ2v) is 8.76. The first kappa shape index (κ1) is 23.3. The summed E-state index contributed by atoms with van der Waals surface area (Å²) in [4.78, 5) is 26.4. The van der Waals surface area contributed by atoms with Crippen molar-refractivity contribution in [2.45, 2.75) is 46.1 Å². The second-order valence-electron chi connectivity index (χ2n) is 8.36. The van der Waals surface area contributed by atoms with Crippen LogP contribution in [0.2, 0.25) is 5.02 Å². The van der Waals surface area contributed by atoms with Crippen molar-refractivity contribution >= 4 is 28.5 Å². The van der Waals surface area contributed by atoms with Gasteiger partial charge in [-0.3, -0.25) is 9.69 Å². The molecule has 6 nitrogen and oxygen atoms in total. The molecule has 0 unspecified atom stereocenters. The van der Waals surface area contributed by atoms with Crippen molar-refractivity contribution in [3.05, 3.63) is 74.1 Å². The van der Waals surface area contributed by atoms with Crippen LogP contribution >= 0.6 is 11.6 Å². The zero-order chi connectivity index (χ0) is 23.4. The van der Waals surface area contributed by atoms with Crippen molar-refractivity contribution in [2.75, 3.05) is 19.9 Å². The van der Waals surface area contributed by atoms with Gasteiger partial charge in [0.2, 0.25) is 0 Å². The Kier molecular flexibility index (Phi) is 7.36. The van der Waals surface area contributed by atoms with Crippen LogP contribution in [-0.4, -0.2) is 30.8 Å². The largest absolute Gasteiger partial charge is 0.477 e. The molecule has 0 fully saturated rings. The Morgan fingerprint density at radius 3 is 2.79 bits per heavy atom. The third kappa shape index (κ3) is 5.40. The molecule has 2 aromatic carbocycles. The number of hydrogen-bond donors (Lipinski definition) is 0. The van der Waals surface area contributed by atoms with Gasteiger partial charge in [0.1, 0.15) is 18.1 Å². The third-order valence-corrected chi connectivity index (χ3v) is 6.23. The van der Waals surface area contributed by atoms with Gasteiger partial charge >= 0.3 is 11.6 Å². The Labute approximate surface area is 198 Å². The van der Waals surface area contributed by atoms with E-state index in [1.54, 1.807) is 0 Å². The lowest BCUT2D eigenvalue weighted by Gasteiger charge is -2.31. The van der Waals surface area contributed by atoms with E-state index in [1.165, 1.54) is 6.07 Å². The molecule has 3 aromatic rings. The predicted molar refractivity (Wildman–Crippen MR) is 128 cm³/mol. The van der Waals surface area contributed by atoms with Crippen LogP contribution in [0.4, 0.5) is 0 Å². The lowest BCUT2D eigenvalue weighted by Crippen LogP contribution is -2.34. The highest BCUT2D eigenvalue weighted by atomic mass is 35.5. The first-order valence-corrected chi connectivity index (χ1v) is 11.7. The first-order chi connectivity index (χ1) is 16.0. The molecule has 1 aliphatic heterocycles. The number of carbonyl (C=O) groups is 1. The van der Waals surface area contributed by atoms with Crippen LogP contribution in [0.5, 0.6) is 5.75 Å². The van der Waals surface area contributed by atoms with Gasteiger partial charge in [-0.2, -0.15) is 0 Å². The summed E-state index contributed by atoms with van der Waals surface area (Å²) in [5.74, 6) is 0.479. The van der Waals surface area contributed by atoms with Crippen LogP contribution in [0.1, 0.15) is 42.0 Å². The summed E-state index contributed by atoms with van der Waals surface area (Å²) in [6, 6.07) is 11.3. The fourth-order valence-corrected chi connectivity index (χ4v) is 4.37. The van der Waals surface area contributed by atoms with Crippen molar-refractivity contribution in [3.8, 4) is 5.75 Å². The molecule has 0 N–H and O–H groups in total. The van der Waals surface area contributed by atoms with Crippen LogP contribution < -0.4 is 10.4 Å². The van der Waals surface area contributed by atoms with Crippen molar-refractivity contribution in [3.63, 3.8) is 0 Å². The molecule has 0 spiro atoms. The minimum Gasteiger partial charge on any atom is -0.477 e. The number of esters is 1. The molecule has 0 amide bonds. The van der Waals surface area contributed by atoms with Gasteiger partial charge in [0, 0.05) is 36.0 Å². The smallest absolute Gasteiger partial charge is 0.336 e. The average Bonchev–Trinajstić information content (AvgIpc) is 2.81. The number of fused-ring (bicyclic) bond motifs is 3. The molecule has 0 saturated carbocycles. The molecule has 174 valence electrons. The number of benzene rings is 2. The molecule has 1 aliphatic rings. The highest BCUT2D eigenvalue weighted by molar-refractivity contribution is 6.31. The standard InChI is InChI=1S/C26H28ClNO5/c1-3-12-31-23(29)9-8-19-14-20-17(2)13-24(30)33-26(20)21-15-28(16-32-25(19)21)11-10-18-6-4-5-7-22(18)27/h4-7,13-14H,3,8-12,15-16H2,1-2H3. The summed E-state index contributed by atoms with van der Waals surface area (Å²) in [6.07, 6.45) is 2.34. The van der Waals surface area contributed by atoms with Crippen molar-refractivity contribution < 1.29 is 18.7 Å². The molecule has 0 radical (unpaired) electrons. The number of aryl methyl sites for hydroxylation is 2. The zero-order valence-electron chi connectivity index (χ0n) is 19.0. The molecule has 0 atom stereocenters. The van der Waals surface area contributed by atoms with Crippen molar-refractivity contribution in [1.29, 1.82) is 0 Å². The molecular weight excluding hydrogens is 442 g/mol. The molecular formula is C26H28ClNO5. The summed E-state index contributed by atoms with van der Waals surface area (Å²) in [7, 11) is 0. The summed E-state index contributed by atoms with van der Waals surface area (Å²) in [6.45, 7) is 6.02. The number of hydrogen-bond acceptors (Lipinski definition) is 6. The fraction of sp³-hybridized carbons (Fsp3) is 0.385. The first-order valence-electron chi connectivity index (χ1n) is 11.3. The number of carbonyl (C=O) groups excluding carboxylic acids is 1. The Balaban J connectivity index is 1.61. The quantitative estimate of drug-likeness (QED) is 0.340. The maximum Gasteiger partial charge on any atom is 0.336 e. The molecule has 1 aromatic heterocycles. The van der Waals surface area contributed by atoms with Crippen LogP contribution in [0.3, 0.4) is 0 Å². The lowest BCUT2D eigenvalue weighted by molar-refractivity contribution is -0.143. The van der Waals surface area contributed by atoms with E-state index in [0.717, 1.165) is 52.0 Å². The molecule has 0 aliphatic carbocycles. The minimum absolute atomic E-state index is 0.223. The topological polar surface area (TPSA) is 69.0 Å². The third-order valence-electron chi connectivity index (χ3n) is 5.86. The molecule has 33 heavy (non-hydrogen) atoms. The number of nitrogens with zero attached hydrogens (tertiary/aromatic N) is 1. The highest BCUT2D eigenvalue weighted by Crippen LogP contribution is 2.37. The van der Waals surface area contributed by atoms with E-state index in [1.807, 2.05) is 44.2 Å². The van der Waals surface area contributed by atoms with Gasteiger partial charge in [0.05, 0.1) is 12.2 Å². The van der Waals surface area contributed by atoms with E-state index in [9.17, 15) is 9.59 Å². The molecule has 4 rings (SSSR count). The van der Waals surface area contributed by atoms with Gasteiger partial charge in [0.25, 0.3) is 0 Å². The number of halogens is 1. The van der Waals surface area contributed by atoms with E-state index < -0.39 is 0 Å². The van der Waals surface area contributed by atoms with E-state index in [2.05, 4.69) is 4.90 Å². The summed E-state index contributed by atoms with van der Waals surface area (Å²) < 4.78 is 17.0. The van der Waals surface area contributed by atoms with E-state index in [4.69, 9.17) is 25.5 Å². The Bertz CT molecular complexity index is 1220. The summed E-state index contributed by atoms with van der Waals surface area (Å²) in [5, 5.41) is 1.61. The summed E-state index contributed by atoms with van der Waals surface area (Å²) in [5.41, 5.74) is 3.86. The Hall–Kier alpha value is -2.83. The molecule has 2 heterocycles. The SMILES string of the molecule is CCCOC(=O)CCc1cc2c(C)cc(=O)oc2c2c1OCN(CCc1ccccc1Cl)C2. The molecule has 0 bridgehead atoms. The van der Waals surface area contributed by atoms with E-state index in [-0.39, 0.29) is 18.0 Å². The van der Waals surface area contributed by atoms with Gasteiger partial charge < -0.3 is 13.9 Å². The zero-order valence-corrected chi connectivity index (χ0v) is 19.7. The Morgan fingerprint density at radius 1 is 1.18 bits per heavy atom. The van der Waals surface area contributed by atoms with Crippen LogP contribution in [0.25, 0.3) is 11.0 Å². The maximum absolute atomic E-state index is 12.1. The van der Waals surface area contributed by atoms with Crippen molar-refractivity contribution in [1.82, 2.24) is 4.90 Å². The lowest BCUT2D eigenvalue weighted by atomic mass is 9.97. The monoisotopic (exact) mass is 469 g/mol. The normalized spacial score (nSPS) is 13.5. The molecule has 7 heteroatoms. The van der Waals surface area contributed by atoms with E-state index in [0.29, 0.717) is 37.6 Å². The molecule has 0 saturated heterocycles. The predicted octanol–water partition coefficient (Wildman–Crippen LogP) is 5.04. The minimum atomic E-state index is -0.383. The number of rotatable bonds is 8. The van der Waals surface area contributed by atoms with Gasteiger partial charge in [-0.25, -0.2) is 4.79 Å². The van der Waals surface area contributed by atoms with Crippen LogP contribution in [-0.2, 0) is 28.9 Å². The average molecular weight is 470 g/mol. The number of ether oxygens (including phenoxy) is 2. The fourth-order valence-electron chi connectivity index (χ4n) is 4.14. The summed E-state index contributed by atoms with van der Waals surface area (Å²) >= 11 is 6.31. The van der Waals surface area contributed by atoms with Crippen LogP contribution in [0.15, 0.2) is 45.6 Å². The van der Waals surface area contributed by atoms with E-state index >= 15 is 0 Å². The highest BCUT2D eigenvalue weighted by Gasteiger charge is 2.25. The second kappa shape index (κ2) is 10.4. The van der Waals surface area contributed by atoms with Gasteiger partial charge in [-0.05, 0) is 55.0 Å². The van der Waals surface area contributed by atoms with Gasteiger partial charge in [0.15, 0.2) is 0 Å². The van der Waals surface area contributed by atoms with Crippen LogP contribution in [0, 0.1) is 6.92 Å². The van der Waals surface area contributed by atoms with Gasteiger partial charge in [-0.1, -0.05) is 36.7 Å². The Morgan fingerprint density at radius 2 is 2.00 bits per heavy atom.